The molecule has 0 fully saturated rings. The van der Waals surface area contributed by atoms with Gasteiger partial charge in [0.25, 0.3) is 5.91 Å². The zero-order chi connectivity index (χ0) is 23.0. The van der Waals surface area contributed by atoms with Crippen LogP contribution in [0.3, 0.4) is 0 Å². The third-order valence-electron chi connectivity index (χ3n) is 5.24. The van der Waals surface area contributed by atoms with E-state index in [1.807, 2.05) is 39.0 Å². The van der Waals surface area contributed by atoms with E-state index in [1.165, 1.54) is 11.7 Å². The van der Waals surface area contributed by atoms with Gasteiger partial charge < -0.3 is 20.2 Å². The molecule has 2 aromatic carbocycles. The van der Waals surface area contributed by atoms with Crippen LogP contribution in [-0.2, 0) is 0 Å². The molecule has 32 heavy (non-hydrogen) atoms. The van der Waals surface area contributed by atoms with Gasteiger partial charge in [-0.15, -0.1) is 0 Å². The van der Waals surface area contributed by atoms with Gasteiger partial charge in [-0.3, -0.25) is 4.79 Å². The van der Waals surface area contributed by atoms with Gasteiger partial charge in [-0.1, -0.05) is 6.07 Å². The Morgan fingerprint density at radius 1 is 1.09 bits per heavy atom. The number of H-pyrrole nitrogens is 1. The van der Waals surface area contributed by atoms with Crippen molar-refractivity contribution in [3.63, 3.8) is 0 Å². The molecule has 164 valence electrons. The number of ether oxygens (including phenoxy) is 2. The molecule has 0 unspecified atom stereocenters. The third-order valence-corrected chi connectivity index (χ3v) is 5.24. The van der Waals surface area contributed by atoms with Gasteiger partial charge in [0.05, 0.1) is 19.4 Å². The summed E-state index contributed by atoms with van der Waals surface area (Å²) in [6.45, 7) is 6.30. The Hall–Kier alpha value is -4.14. The Balaban J connectivity index is 1.99. The summed E-state index contributed by atoms with van der Waals surface area (Å²) in [5.41, 5.74) is 8.82. The van der Waals surface area contributed by atoms with Crippen LogP contribution in [0, 0.1) is 13.8 Å². The smallest absolute Gasteiger partial charge is 0.332 e. The molecule has 3 N–H and O–H groups in total. The van der Waals surface area contributed by atoms with E-state index in [1.54, 1.807) is 18.2 Å². The van der Waals surface area contributed by atoms with E-state index in [4.69, 9.17) is 15.2 Å². The van der Waals surface area contributed by atoms with Gasteiger partial charge in [0, 0.05) is 5.56 Å². The molecule has 2 aromatic heterocycles. The van der Waals surface area contributed by atoms with E-state index >= 15 is 0 Å². The molecule has 1 amide bonds. The summed E-state index contributed by atoms with van der Waals surface area (Å²) in [6.07, 6.45) is 0. The van der Waals surface area contributed by atoms with Crippen LogP contribution < -0.4 is 20.9 Å². The van der Waals surface area contributed by atoms with Crippen molar-refractivity contribution in [1.29, 1.82) is 0 Å². The number of fused-ring (bicyclic) bond motifs is 1. The lowest BCUT2D eigenvalue weighted by Gasteiger charge is -2.11. The molecule has 0 spiro atoms. The number of rotatable bonds is 6. The Morgan fingerprint density at radius 3 is 2.53 bits per heavy atom. The van der Waals surface area contributed by atoms with Crippen molar-refractivity contribution in [2.45, 2.75) is 20.8 Å². The first-order valence-corrected chi connectivity index (χ1v) is 10.1. The number of nitrogens with one attached hydrogen (secondary N) is 1. The summed E-state index contributed by atoms with van der Waals surface area (Å²) in [4.78, 5) is 36.6. The fourth-order valence-electron chi connectivity index (χ4n) is 3.48. The minimum Gasteiger partial charge on any atom is -0.493 e. The zero-order valence-corrected chi connectivity index (χ0v) is 18.2. The van der Waals surface area contributed by atoms with Crippen LogP contribution >= 0.6 is 0 Å². The van der Waals surface area contributed by atoms with Gasteiger partial charge in [0.2, 0.25) is 0 Å². The monoisotopic (exact) mass is 433 g/mol. The molecule has 0 radical (unpaired) electrons. The first-order chi connectivity index (χ1) is 15.3. The van der Waals surface area contributed by atoms with Crippen molar-refractivity contribution in [3.8, 4) is 28.6 Å². The topological polar surface area (TPSA) is 125 Å². The number of imidazole rings is 1. The third kappa shape index (κ3) is 3.58. The number of aromatic amines is 1. The maximum absolute atomic E-state index is 12.8. The minimum absolute atomic E-state index is 0.0717. The highest BCUT2D eigenvalue weighted by atomic mass is 16.5. The SMILES string of the molecule is CCOc1ccc(-c2nc(C(N)=O)c3[nH]c(=O)n(-c4ccc(C)c(C)c4)c3n2)cc1OC. The maximum atomic E-state index is 12.8. The van der Waals surface area contributed by atoms with Crippen LogP contribution in [0.25, 0.3) is 28.2 Å². The summed E-state index contributed by atoms with van der Waals surface area (Å²) in [6, 6.07) is 10.8. The van der Waals surface area contributed by atoms with Gasteiger partial charge in [0.15, 0.2) is 28.7 Å². The van der Waals surface area contributed by atoms with Crippen LogP contribution in [0.4, 0.5) is 0 Å². The molecular formula is C23H23N5O4. The van der Waals surface area contributed by atoms with Crippen LogP contribution in [0.5, 0.6) is 11.5 Å². The molecule has 0 aliphatic heterocycles. The average molecular weight is 433 g/mol. The van der Waals surface area contributed by atoms with E-state index in [0.717, 1.165) is 11.1 Å². The van der Waals surface area contributed by atoms with Crippen LogP contribution in [0.1, 0.15) is 28.5 Å². The number of aryl methyl sites for hydroxylation is 2. The average Bonchev–Trinajstić information content (AvgIpc) is 3.11. The first kappa shape index (κ1) is 21.1. The molecule has 4 rings (SSSR count). The van der Waals surface area contributed by atoms with Crippen molar-refractivity contribution in [2.24, 2.45) is 5.73 Å². The molecule has 9 nitrogen and oxygen atoms in total. The van der Waals surface area contributed by atoms with Crippen molar-refractivity contribution < 1.29 is 14.3 Å². The van der Waals surface area contributed by atoms with E-state index < -0.39 is 11.6 Å². The molecule has 0 bridgehead atoms. The summed E-state index contributed by atoms with van der Waals surface area (Å²) in [5.74, 6) is 0.521. The zero-order valence-electron chi connectivity index (χ0n) is 18.2. The van der Waals surface area contributed by atoms with Crippen molar-refractivity contribution in [1.82, 2.24) is 19.5 Å². The van der Waals surface area contributed by atoms with E-state index in [9.17, 15) is 9.59 Å². The minimum atomic E-state index is -0.773. The molecule has 9 heteroatoms. The number of nitrogens with two attached hydrogens (primary N) is 1. The molecule has 0 saturated heterocycles. The highest BCUT2D eigenvalue weighted by molar-refractivity contribution is 6.02. The van der Waals surface area contributed by atoms with Crippen LogP contribution in [0.15, 0.2) is 41.2 Å². The van der Waals surface area contributed by atoms with E-state index in [-0.39, 0.29) is 22.7 Å². The first-order valence-electron chi connectivity index (χ1n) is 10.1. The predicted molar refractivity (Wildman–Crippen MR) is 121 cm³/mol. The summed E-state index contributed by atoms with van der Waals surface area (Å²) in [7, 11) is 1.53. The highest BCUT2D eigenvalue weighted by Gasteiger charge is 2.21. The van der Waals surface area contributed by atoms with Crippen molar-refractivity contribution in [2.75, 3.05) is 13.7 Å². The lowest BCUT2D eigenvalue weighted by atomic mass is 10.1. The number of carbonyl (C=O) groups excluding carboxylic acids is 1. The standard InChI is InChI=1S/C23H23N5O4/c1-5-32-16-9-7-14(11-17(16)31-4)21-25-18(20(24)29)19-22(27-21)28(23(30)26-19)15-8-6-12(2)13(3)10-15/h6-11H,5H2,1-4H3,(H2,24,29)(H,26,30). The molecule has 0 aliphatic carbocycles. The molecule has 0 aliphatic rings. The fourth-order valence-corrected chi connectivity index (χ4v) is 3.48. The fraction of sp³-hybridized carbons (Fsp3) is 0.217. The van der Waals surface area contributed by atoms with Crippen LogP contribution in [0.2, 0.25) is 0 Å². The number of benzene rings is 2. The number of nitrogens with zero attached hydrogens (tertiary/aromatic N) is 3. The summed E-state index contributed by atoms with van der Waals surface area (Å²) in [5, 5.41) is 0. The number of aromatic nitrogens is 4. The number of hydrogen-bond acceptors (Lipinski definition) is 6. The lowest BCUT2D eigenvalue weighted by Crippen LogP contribution is -2.15. The molecular weight excluding hydrogens is 410 g/mol. The second-order valence-electron chi connectivity index (χ2n) is 7.29. The van der Waals surface area contributed by atoms with Gasteiger partial charge >= 0.3 is 5.69 Å². The van der Waals surface area contributed by atoms with Gasteiger partial charge in [-0.2, -0.15) is 0 Å². The Labute approximate surface area is 183 Å². The molecule has 0 atom stereocenters. The van der Waals surface area contributed by atoms with Crippen molar-refractivity contribution >= 4 is 17.1 Å². The number of primary amides is 1. The Morgan fingerprint density at radius 2 is 1.88 bits per heavy atom. The molecule has 0 saturated carbocycles. The van der Waals surface area contributed by atoms with Crippen molar-refractivity contribution in [3.05, 3.63) is 63.7 Å². The predicted octanol–water partition coefficient (Wildman–Crippen LogP) is 2.90. The Kier molecular flexibility index (Phi) is 5.40. The highest BCUT2D eigenvalue weighted by Crippen LogP contribution is 2.32. The lowest BCUT2D eigenvalue weighted by molar-refractivity contribution is 0.0997. The van der Waals surface area contributed by atoms with E-state index in [2.05, 4.69) is 15.0 Å². The largest absolute Gasteiger partial charge is 0.493 e. The Bertz CT molecular complexity index is 1400. The number of amides is 1. The quantitative estimate of drug-likeness (QED) is 0.482. The maximum Gasteiger partial charge on any atom is 0.332 e. The summed E-state index contributed by atoms with van der Waals surface area (Å²) >= 11 is 0. The summed E-state index contributed by atoms with van der Waals surface area (Å²) < 4.78 is 12.4. The number of carbonyl (C=O) groups is 1. The number of methoxy groups -OCH3 is 1. The van der Waals surface area contributed by atoms with E-state index in [0.29, 0.717) is 29.4 Å². The molecule has 2 heterocycles. The molecule has 4 aromatic rings. The number of hydrogen-bond donors (Lipinski definition) is 2. The van der Waals surface area contributed by atoms with Crippen LogP contribution in [-0.4, -0.2) is 39.1 Å². The van der Waals surface area contributed by atoms with Gasteiger partial charge in [-0.05, 0) is 62.2 Å². The van der Waals surface area contributed by atoms with Gasteiger partial charge in [-0.25, -0.2) is 19.3 Å². The normalized spacial score (nSPS) is 11.0. The second-order valence-corrected chi connectivity index (χ2v) is 7.29. The second kappa shape index (κ2) is 8.18. The van der Waals surface area contributed by atoms with Gasteiger partial charge in [0.1, 0.15) is 5.52 Å².